The van der Waals surface area contributed by atoms with E-state index in [0.29, 0.717) is 11.5 Å². The molecule has 2 N–H and O–H groups in total. The van der Waals surface area contributed by atoms with E-state index >= 15 is 0 Å². The molecule has 0 aliphatic heterocycles. The summed E-state index contributed by atoms with van der Waals surface area (Å²) in [5, 5.41) is 0. The first kappa shape index (κ1) is 11.1. The molecule has 0 heterocycles. The molecule has 0 aromatic heterocycles. The molecule has 1 nitrogen and oxygen atoms in total. The van der Waals surface area contributed by atoms with Gasteiger partial charge in [-0.25, -0.2) is 0 Å². The third-order valence-electron chi connectivity index (χ3n) is 6.01. The van der Waals surface area contributed by atoms with Gasteiger partial charge in [0.1, 0.15) is 0 Å². The SMILES string of the molecule is CCC12CC3CC(CC(C3)C1CC(C)N)C2. The van der Waals surface area contributed by atoms with Gasteiger partial charge >= 0.3 is 0 Å². The van der Waals surface area contributed by atoms with Gasteiger partial charge in [0.25, 0.3) is 0 Å². The molecule has 4 bridgehead atoms. The zero-order valence-electron chi connectivity index (χ0n) is 10.9. The molecule has 0 amide bonds. The highest BCUT2D eigenvalue weighted by Gasteiger charge is 2.55. The highest BCUT2D eigenvalue weighted by atomic mass is 14.7. The van der Waals surface area contributed by atoms with Gasteiger partial charge in [0, 0.05) is 6.04 Å². The Morgan fingerprint density at radius 3 is 2.31 bits per heavy atom. The fourth-order valence-electron chi connectivity index (χ4n) is 5.71. The van der Waals surface area contributed by atoms with Crippen molar-refractivity contribution in [3.05, 3.63) is 0 Å². The first-order valence-corrected chi connectivity index (χ1v) is 7.38. The van der Waals surface area contributed by atoms with Gasteiger partial charge in [-0.1, -0.05) is 13.3 Å². The fourth-order valence-corrected chi connectivity index (χ4v) is 5.71. The highest BCUT2D eigenvalue weighted by molar-refractivity contribution is 5.05. The summed E-state index contributed by atoms with van der Waals surface area (Å²) >= 11 is 0. The lowest BCUT2D eigenvalue weighted by molar-refractivity contribution is -0.115. The molecule has 16 heavy (non-hydrogen) atoms. The molecule has 4 aliphatic carbocycles. The van der Waals surface area contributed by atoms with Crippen molar-refractivity contribution in [1.29, 1.82) is 0 Å². The van der Waals surface area contributed by atoms with Gasteiger partial charge in [0.2, 0.25) is 0 Å². The predicted octanol–water partition coefficient (Wildman–Crippen LogP) is 3.58. The molecule has 4 saturated carbocycles. The lowest BCUT2D eigenvalue weighted by Gasteiger charge is -2.62. The molecule has 4 aliphatic rings. The van der Waals surface area contributed by atoms with Crippen LogP contribution in [-0.4, -0.2) is 6.04 Å². The third-order valence-corrected chi connectivity index (χ3v) is 6.01. The molecular formula is C15H27N. The Hall–Kier alpha value is -0.0400. The quantitative estimate of drug-likeness (QED) is 0.774. The van der Waals surface area contributed by atoms with Crippen LogP contribution in [0, 0.1) is 29.1 Å². The first-order chi connectivity index (χ1) is 7.63. The zero-order valence-corrected chi connectivity index (χ0v) is 10.9. The second kappa shape index (κ2) is 3.73. The van der Waals surface area contributed by atoms with Crippen LogP contribution < -0.4 is 5.73 Å². The van der Waals surface area contributed by atoms with Crippen molar-refractivity contribution in [3.8, 4) is 0 Å². The monoisotopic (exact) mass is 221 g/mol. The Morgan fingerprint density at radius 2 is 1.81 bits per heavy atom. The van der Waals surface area contributed by atoms with Crippen LogP contribution in [0.1, 0.15) is 58.8 Å². The largest absolute Gasteiger partial charge is 0.328 e. The van der Waals surface area contributed by atoms with E-state index in [1.54, 1.807) is 6.42 Å². The molecule has 4 fully saturated rings. The topological polar surface area (TPSA) is 26.0 Å². The van der Waals surface area contributed by atoms with E-state index in [-0.39, 0.29) is 0 Å². The maximum atomic E-state index is 6.09. The highest BCUT2D eigenvalue weighted by Crippen LogP contribution is 2.65. The van der Waals surface area contributed by atoms with Crippen molar-refractivity contribution in [1.82, 2.24) is 0 Å². The van der Waals surface area contributed by atoms with Crippen LogP contribution in [0.25, 0.3) is 0 Å². The van der Waals surface area contributed by atoms with Crippen LogP contribution in [0.15, 0.2) is 0 Å². The Balaban J connectivity index is 1.86. The Bertz CT molecular complexity index is 257. The average molecular weight is 221 g/mol. The number of rotatable bonds is 3. The minimum Gasteiger partial charge on any atom is -0.328 e. The minimum absolute atomic E-state index is 0.408. The van der Waals surface area contributed by atoms with Crippen molar-refractivity contribution >= 4 is 0 Å². The molecule has 4 unspecified atom stereocenters. The van der Waals surface area contributed by atoms with E-state index in [9.17, 15) is 0 Å². The van der Waals surface area contributed by atoms with Gasteiger partial charge in [0.05, 0.1) is 0 Å². The zero-order chi connectivity index (χ0) is 11.3. The fraction of sp³-hybridized carbons (Fsp3) is 1.00. The van der Waals surface area contributed by atoms with Gasteiger partial charge in [-0.3, -0.25) is 0 Å². The summed E-state index contributed by atoms with van der Waals surface area (Å²) in [5.74, 6) is 4.17. The standard InChI is InChI=1S/C15H27N/c1-3-15-8-11-5-12(9-15)7-13(6-11)14(15)4-10(2)16/h10-14H,3-9,16H2,1-2H3. The van der Waals surface area contributed by atoms with Gasteiger partial charge < -0.3 is 5.73 Å². The molecule has 0 spiro atoms. The molecule has 0 aromatic carbocycles. The number of hydrogen-bond acceptors (Lipinski definition) is 1. The lowest BCUT2D eigenvalue weighted by Crippen LogP contribution is -2.53. The van der Waals surface area contributed by atoms with Crippen LogP contribution in [0.2, 0.25) is 0 Å². The van der Waals surface area contributed by atoms with Crippen LogP contribution >= 0.6 is 0 Å². The van der Waals surface area contributed by atoms with Crippen LogP contribution in [-0.2, 0) is 0 Å². The van der Waals surface area contributed by atoms with E-state index in [4.69, 9.17) is 5.73 Å². The molecule has 92 valence electrons. The van der Waals surface area contributed by atoms with Gasteiger partial charge in [-0.05, 0) is 74.5 Å². The maximum Gasteiger partial charge on any atom is 0.00134 e. The second-order valence-electron chi connectivity index (χ2n) is 7.14. The third kappa shape index (κ3) is 1.54. The second-order valence-corrected chi connectivity index (χ2v) is 7.14. The van der Waals surface area contributed by atoms with E-state index in [0.717, 1.165) is 23.7 Å². The summed E-state index contributed by atoms with van der Waals surface area (Å²) in [6.07, 6.45) is 10.4. The minimum atomic E-state index is 0.408. The first-order valence-electron chi connectivity index (χ1n) is 7.38. The molecule has 4 rings (SSSR count). The van der Waals surface area contributed by atoms with Gasteiger partial charge in [-0.2, -0.15) is 0 Å². The Morgan fingerprint density at radius 1 is 1.19 bits per heavy atom. The van der Waals surface area contributed by atoms with Crippen molar-refractivity contribution in [2.24, 2.45) is 34.8 Å². The predicted molar refractivity (Wildman–Crippen MR) is 68.0 cm³/mol. The number of nitrogens with two attached hydrogens (primary N) is 1. The average Bonchev–Trinajstić information content (AvgIpc) is 2.22. The normalized spacial score (nSPS) is 51.9. The smallest absolute Gasteiger partial charge is 0.00134 e. The summed E-state index contributed by atoms with van der Waals surface area (Å²) in [6.45, 7) is 4.63. The van der Waals surface area contributed by atoms with Crippen molar-refractivity contribution < 1.29 is 0 Å². The van der Waals surface area contributed by atoms with Gasteiger partial charge in [0.15, 0.2) is 0 Å². The molecule has 1 heteroatoms. The molecule has 0 saturated heterocycles. The van der Waals surface area contributed by atoms with Crippen molar-refractivity contribution in [2.45, 2.75) is 64.8 Å². The lowest BCUT2D eigenvalue weighted by atomic mass is 9.43. The summed E-state index contributed by atoms with van der Waals surface area (Å²) in [4.78, 5) is 0. The molecule has 0 radical (unpaired) electrons. The summed E-state index contributed by atoms with van der Waals surface area (Å²) < 4.78 is 0. The summed E-state index contributed by atoms with van der Waals surface area (Å²) in [7, 11) is 0. The Kier molecular flexibility index (Phi) is 2.58. The van der Waals surface area contributed by atoms with Crippen molar-refractivity contribution in [3.63, 3.8) is 0 Å². The molecular weight excluding hydrogens is 194 g/mol. The van der Waals surface area contributed by atoms with Crippen LogP contribution in [0.3, 0.4) is 0 Å². The van der Waals surface area contributed by atoms with Crippen molar-refractivity contribution in [2.75, 3.05) is 0 Å². The summed E-state index contributed by atoms with van der Waals surface area (Å²) in [5.41, 5.74) is 6.80. The maximum absolute atomic E-state index is 6.09. The molecule has 4 atom stereocenters. The van der Waals surface area contributed by atoms with E-state index in [1.807, 2.05) is 0 Å². The molecule has 0 aromatic rings. The summed E-state index contributed by atoms with van der Waals surface area (Å²) in [6, 6.07) is 0.408. The van der Waals surface area contributed by atoms with E-state index in [1.165, 1.54) is 38.5 Å². The van der Waals surface area contributed by atoms with Crippen LogP contribution in [0.5, 0.6) is 0 Å². The van der Waals surface area contributed by atoms with Gasteiger partial charge in [-0.15, -0.1) is 0 Å². The number of hydrogen-bond donors (Lipinski definition) is 1. The van der Waals surface area contributed by atoms with E-state index < -0.39 is 0 Å². The van der Waals surface area contributed by atoms with E-state index in [2.05, 4.69) is 13.8 Å². The Labute approximate surface area is 100 Å². The van der Waals surface area contributed by atoms with Crippen LogP contribution in [0.4, 0.5) is 0 Å².